The average molecular weight is 285 g/mol. The zero-order chi connectivity index (χ0) is 14.1. The van der Waals surface area contributed by atoms with Gasteiger partial charge < -0.3 is 0 Å². The highest BCUT2D eigenvalue weighted by molar-refractivity contribution is 7.71. The summed E-state index contributed by atoms with van der Waals surface area (Å²) < 4.78 is 16.0. The molecule has 0 saturated heterocycles. The third kappa shape index (κ3) is 2.06. The fraction of sp³-hybridized carbons (Fsp3) is 0.0667. The number of nitrogens with zero attached hydrogens (tertiary/aromatic N) is 2. The summed E-state index contributed by atoms with van der Waals surface area (Å²) in [6, 6.07) is 14.6. The van der Waals surface area contributed by atoms with Gasteiger partial charge in [0.15, 0.2) is 10.6 Å². The highest BCUT2D eigenvalue weighted by Crippen LogP contribution is 2.24. The van der Waals surface area contributed by atoms with Gasteiger partial charge in [-0.15, -0.1) is 0 Å². The Morgan fingerprint density at radius 1 is 1.10 bits per heavy atom. The molecule has 0 unspecified atom stereocenters. The van der Waals surface area contributed by atoms with Gasteiger partial charge in [0.05, 0.1) is 5.69 Å². The van der Waals surface area contributed by atoms with Crippen molar-refractivity contribution in [1.29, 1.82) is 0 Å². The van der Waals surface area contributed by atoms with Crippen LogP contribution in [0.15, 0.2) is 48.5 Å². The van der Waals surface area contributed by atoms with E-state index >= 15 is 0 Å². The first-order chi connectivity index (χ1) is 9.68. The Balaban J connectivity index is 2.28. The van der Waals surface area contributed by atoms with Crippen molar-refractivity contribution >= 4 is 12.2 Å². The molecule has 0 atom stereocenters. The average Bonchev–Trinajstić information content (AvgIpc) is 2.85. The maximum absolute atomic E-state index is 13.8. The summed E-state index contributed by atoms with van der Waals surface area (Å²) in [5.74, 6) is 0.411. The van der Waals surface area contributed by atoms with E-state index in [1.54, 1.807) is 17.6 Å². The summed E-state index contributed by atoms with van der Waals surface area (Å²) in [7, 11) is 0. The number of hydrogen-bond donors (Lipinski definition) is 1. The molecule has 0 bridgehead atoms. The molecule has 0 spiro atoms. The zero-order valence-corrected chi connectivity index (χ0v) is 11.6. The van der Waals surface area contributed by atoms with E-state index in [9.17, 15) is 4.39 Å². The van der Waals surface area contributed by atoms with E-state index in [4.69, 9.17) is 12.2 Å². The number of H-pyrrole nitrogens is 1. The Bertz CT molecular complexity index is 805. The molecular weight excluding hydrogens is 273 g/mol. The zero-order valence-electron chi connectivity index (χ0n) is 10.8. The number of rotatable bonds is 2. The van der Waals surface area contributed by atoms with Crippen LogP contribution in [0.25, 0.3) is 17.1 Å². The molecule has 3 rings (SSSR count). The second-order valence-corrected chi connectivity index (χ2v) is 4.82. The van der Waals surface area contributed by atoms with Crippen molar-refractivity contribution in [2.24, 2.45) is 0 Å². The molecule has 3 aromatic rings. The summed E-state index contributed by atoms with van der Waals surface area (Å²) in [5.41, 5.74) is 2.16. The Morgan fingerprint density at radius 2 is 1.85 bits per heavy atom. The Hall–Kier alpha value is -2.27. The molecular formula is C15H12FN3S. The largest absolute Gasteiger partial charge is 0.268 e. The van der Waals surface area contributed by atoms with Crippen molar-refractivity contribution in [3.05, 3.63) is 64.7 Å². The van der Waals surface area contributed by atoms with Crippen molar-refractivity contribution in [2.45, 2.75) is 6.92 Å². The van der Waals surface area contributed by atoms with Gasteiger partial charge in [-0.1, -0.05) is 36.4 Å². The molecule has 0 aliphatic rings. The summed E-state index contributed by atoms with van der Waals surface area (Å²) in [6.45, 7) is 1.73. The second-order valence-electron chi connectivity index (χ2n) is 4.44. The number of hydrogen-bond acceptors (Lipinski definition) is 2. The van der Waals surface area contributed by atoms with Gasteiger partial charge in [0, 0.05) is 11.1 Å². The first-order valence-electron chi connectivity index (χ1n) is 6.17. The minimum Gasteiger partial charge on any atom is -0.268 e. The van der Waals surface area contributed by atoms with Crippen LogP contribution in [-0.4, -0.2) is 14.8 Å². The number of aromatic amines is 1. The van der Waals surface area contributed by atoms with Gasteiger partial charge in [-0.3, -0.25) is 9.67 Å². The van der Waals surface area contributed by atoms with Crippen LogP contribution in [0.3, 0.4) is 0 Å². The van der Waals surface area contributed by atoms with Gasteiger partial charge in [-0.2, -0.15) is 5.10 Å². The Labute approximate surface area is 120 Å². The van der Waals surface area contributed by atoms with Gasteiger partial charge in [0.1, 0.15) is 5.82 Å². The summed E-state index contributed by atoms with van der Waals surface area (Å²) in [6.07, 6.45) is 0. The smallest absolute Gasteiger partial charge is 0.200 e. The molecule has 0 aliphatic carbocycles. The summed E-state index contributed by atoms with van der Waals surface area (Å²) in [4.78, 5) is 0. The van der Waals surface area contributed by atoms with Crippen LogP contribution < -0.4 is 0 Å². The van der Waals surface area contributed by atoms with Gasteiger partial charge in [-0.05, 0) is 31.3 Å². The van der Waals surface area contributed by atoms with Crippen molar-refractivity contribution in [1.82, 2.24) is 14.8 Å². The lowest BCUT2D eigenvalue weighted by molar-refractivity contribution is 0.617. The molecule has 5 heteroatoms. The number of benzene rings is 2. The van der Waals surface area contributed by atoms with Crippen molar-refractivity contribution < 1.29 is 4.39 Å². The lowest BCUT2D eigenvalue weighted by Crippen LogP contribution is -2.01. The van der Waals surface area contributed by atoms with E-state index in [2.05, 4.69) is 10.2 Å². The van der Waals surface area contributed by atoms with E-state index in [1.807, 2.05) is 36.4 Å². The predicted octanol–water partition coefficient (Wildman–Crippen LogP) is 4.04. The molecule has 0 aliphatic heterocycles. The van der Waals surface area contributed by atoms with Crippen LogP contribution in [0.1, 0.15) is 5.56 Å². The maximum atomic E-state index is 13.8. The van der Waals surface area contributed by atoms with Gasteiger partial charge in [0.2, 0.25) is 0 Å². The standard InChI is InChI=1S/C15H12FN3S/c1-10-12(16)8-5-9-13(10)19-14(17-18-15(19)20)11-6-3-2-4-7-11/h2-9H,1H3,(H,18,20). The molecule has 100 valence electrons. The highest BCUT2D eigenvalue weighted by atomic mass is 32.1. The molecule has 1 N–H and O–H groups in total. The molecule has 0 saturated carbocycles. The van der Waals surface area contributed by atoms with E-state index < -0.39 is 0 Å². The molecule has 0 radical (unpaired) electrons. The topological polar surface area (TPSA) is 33.6 Å². The Kier molecular flexibility index (Phi) is 3.20. The van der Waals surface area contributed by atoms with E-state index in [-0.39, 0.29) is 5.82 Å². The molecule has 2 aromatic carbocycles. The SMILES string of the molecule is Cc1c(F)cccc1-n1c(-c2ccccc2)n[nH]c1=S. The lowest BCUT2D eigenvalue weighted by atomic mass is 10.1. The lowest BCUT2D eigenvalue weighted by Gasteiger charge is -2.10. The summed E-state index contributed by atoms with van der Waals surface area (Å²) >= 11 is 5.28. The normalized spacial score (nSPS) is 10.7. The minimum absolute atomic E-state index is 0.260. The molecule has 0 fully saturated rings. The third-order valence-electron chi connectivity index (χ3n) is 3.18. The van der Waals surface area contributed by atoms with Crippen LogP contribution >= 0.6 is 12.2 Å². The van der Waals surface area contributed by atoms with E-state index in [0.717, 1.165) is 5.56 Å². The number of aromatic nitrogens is 3. The van der Waals surface area contributed by atoms with Crippen LogP contribution in [0, 0.1) is 17.5 Å². The van der Waals surface area contributed by atoms with Crippen molar-refractivity contribution in [3.8, 4) is 17.1 Å². The molecule has 0 amide bonds. The molecule has 1 heterocycles. The quantitative estimate of drug-likeness (QED) is 0.721. The minimum atomic E-state index is -0.260. The van der Waals surface area contributed by atoms with Crippen LogP contribution in [0.4, 0.5) is 4.39 Å². The first-order valence-corrected chi connectivity index (χ1v) is 6.57. The third-order valence-corrected chi connectivity index (χ3v) is 3.46. The highest BCUT2D eigenvalue weighted by Gasteiger charge is 2.13. The Morgan fingerprint density at radius 3 is 2.60 bits per heavy atom. The predicted molar refractivity (Wildman–Crippen MR) is 78.9 cm³/mol. The monoisotopic (exact) mass is 285 g/mol. The second kappa shape index (κ2) is 5.02. The van der Waals surface area contributed by atoms with Crippen molar-refractivity contribution in [2.75, 3.05) is 0 Å². The fourth-order valence-electron chi connectivity index (χ4n) is 2.14. The summed E-state index contributed by atoms with van der Waals surface area (Å²) in [5, 5.41) is 7.03. The van der Waals surface area contributed by atoms with E-state index in [0.29, 0.717) is 21.8 Å². The van der Waals surface area contributed by atoms with Crippen LogP contribution in [-0.2, 0) is 0 Å². The maximum Gasteiger partial charge on any atom is 0.200 e. The van der Waals surface area contributed by atoms with Crippen LogP contribution in [0.5, 0.6) is 0 Å². The fourth-order valence-corrected chi connectivity index (χ4v) is 2.37. The van der Waals surface area contributed by atoms with E-state index in [1.165, 1.54) is 6.07 Å². The number of nitrogens with one attached hydrogen (secondary N) is 1. The molecule has 3 nitrogen and oxygen atoms in total. The van der Waals surface area contributed by atoms with Crippen molar-refractivity contribution in [3.63, 3.8) is 0 Å². The van der Waals surface area contributed by atoms with Gasteiger partial charge in [-0.25, -0.2) is 4.39 Å². The molecule has 1 aromatic heterocycles. The van der Waals surface area contributed by atoms with Gasteiger partial charge in [0.25, 0.3) is 0 Å². The first kappa shape index (κ1) is 12.7. The van der Waals surface area contributed by atoms with Gasteiger partial charge >= 0.3 is 0 Å². The molecule has 20 heavy (non-hydrogen) atoms. The van der Waals surface area contributed by atoms with Crippen LogP contribution in [0.2, 0.25) is 0 Å². The number of halogens is 1.